The van der Waals surface area contributed by atoms with Crippen molar-refractivity contribution >= 4 is 12.0 Å². The van der Waals surface area contributed by atoms with E-state index in [9.17, 15) is 4.79 Å². The van der Waals surface area contributed by atoms with Gasteiger partial charge >= 0.3 is 0 Å². The molecule has 34 heavy (non-hydrogen) atoms. The highest BCUT2D eigenvalue weighted by Gasteiger charge is 2.23. The lowest BCUT2D eigenvalue weighted by atomic mass is 10.1. The number of aromatic amines is 1. The molecule has 3 aromatic rings. The molecule has 1 aromatic heterocycles. The predicted octanol–water partition coefficient (Wildman–Crippen LogP) is 4.13. The van der Waals surface area contributed by atoms with E-state index in [1.807, 2.05) is 53.6 Å². The molecule has 2 heterocycles. The average molecular weight is 461 g/mol. The summed E-state index contributed by atoms with van der Waals surface area (Å²) in [7, 11) is 3.72. The molecule has 4 rings (SSSR count). The summed E-state index contributed by atoms with van der Waals surface area (Å²) in [6, 6.07) is 15.9. The molecule has 0 saturated carbocycles. The van der Waals surface area contributed by atoms with Gasteiger partial charge < -0.3 is 19.4 Å². The maximum Gasteiger partial charge on any atom is 0.246 e. The number of nitrogens with one attached hydrogen (secondary N) is 1. The minimum Gasteiger partial charge on any atom is -0.497 e. The van der Waals surface area contributed by atoms with Crippen molar-refractivity contribution in [1.29, 1.82) is 0 Å². The largest absolute Gasteiger partial charge is 0.497 e. The highest BCUT2D eigenvalue weighted by molar-refractivity contribution is 5.91. The first kappa shape index (κ1) is 23.6. The molecule has 0 radical (unpaired) electrons. The van der Waals surface area contributed by atoms with Crippen LogP contribution >= 0.6 is 0 Å². The van der Waals surface area contributed by atoms with Crippen molar-refractivity contribution in [1.82, 2.24) is 19.8 Å². The number of amides is 1. The Morgan fingerprint density at radius 2 is 1.94 bits per heavy atom. The van der Waals surface area contributed by atoms with Gasteiger partial charge in [-0.05, 0) is 48.5 Å². The first-order valence-electron chi connectivity index (χ1n) is 11.6. The normalized spacial score (nSPS) is 14.6. The predicted molar refractivity (Wildman–Crippen MR) is 132 cm³/mol. The highest BCUT2D eigenvalue weighted by atomic mass is 16.5. The zero-order valence-corrected chi connectivity index (χ0v) is 19.8. The molecule has 7 heteroatoms. The van der Waals surface area contributed by atoms with Crippen molar-refractivity contribution in [3.05, 3.63) is 84.0 Å². The molecule has 0 spiro atoms. The fourth-order valence-electron chi connectivity index (χ4n) is 4.10. The van der Waals surface area contributed by atoms with E-state index in [0.29, 0.717) is 13.1 Å². The van der Waals surface area contributed by atoms with Crippen LogP contribution in [0.2, 0.25) is 0 Å². The van der Waals surface area contributed by atoms with Gasteiger partial charge in [-0.3, -0.25) is 9.69 Å². The van der Waals surface area contributed by atoms with Gasteiger partial charge in [0.05, 0.1) is 13.7 Å². The van der Waals surface area contributed by atoms with Crippen LogP contribution in [-0.4, -0.2) is 59.0 Å². The summed E-state index contributed by atoms with van der Waals surface area (Å²) >= 11 is 0. The number of carbonyl (C=O) groups is 1. The Balaban J connectivity index is 1.23. The monoisotopic (exact) mass is 460 g/mol. The maximum absolute atomic E-state index is 12.6. The van der Waals surface area contributed by atoms with Gasteiger partial charge in [-0.1, -0.05) is 24.3 Å². The van der Waals surface area contributed by atoms with Crippen LogP contribution < -0.4 is 9.47 Å². The zero-order chi connectivity index (χ0) is 23.8. The number of rotatable bonds is 9. The van der Waals surface area contributed by atoms with Crippen molar-refractivity contribution in [3.8, 4) is 11.5 Å². The van der Waals surface area contributed by atoms with E-state index >= 15 is 0 Å². The van der Waals surface area contributed by atoms with Gasteiger partial charge in [-0.25, -0.2) is 4.98 Å². The number of hydrogen-bond donors (Lipinski definition) is 1. The van der Waals surface area contributed by atoms with Gasteiger partial charge in [0.2, 0.25) is 5.91 Å². The number of aromatic nitrogens is 2. The van der Waals surface area contributed by atoms with Gasteiger partial charge in [0.15, 0.2) is 0 Å². The molecule has 178 valence electrons. The van der Waals surface area contributed by atoms with E-state index in [2.05, 4.69) is 34.0 Å². The van der Waals surface area contributed by atoms with Crippen LogP contribution in [0.15, 0.2) is 67.0 Å². The number of H-pyrrole nitrogens is 1. The molecule has 1 aliphatic heterocycles. The van der Waals surface area contributed by atoms with Crippen LogP contribution in [0.25, 0.3) is 6.08 Å². The Hall–Kier alpha value is -3.58. The van der Waals surface area contributed by atoms with Crippen molar-refractivity contribution in [2.45, 2.75) is 32.0 Å². The maximum atomic E-state index is 12.6. The summed E-state index contributed by atoms with van der Waals surface area (Å²) < 4.78 is 11.4. The van der Waals surface area contributed by atoms with E-state index in [-0.39, 0.29) is 12.0 Å². The number of piperidine rings is 1. The second kappa shape index (κ2) is 11.5. The molecule has 2 aromatic carbocycles. The molecule has 0 unspecified atom stereocenters. The summed E-state index contributed by atoms with van der Waals surface area (Å²) in [6.45, 7) is 2.97. The quantitative estimate of drug-likeness (QED) is 0.486. The van der Waals surface area contributed by atoms with E-state index in [1.165, 1.54) is 5.56 Å². The SMILES string of the molecule is COc1ccc(C=CC(=O)N2CCC(Oc3cccc(CN(C)Cc4ncc[nH]4)c3)CC2)cc1. The Kier molecular flexibility index (Phi) is 7.99. The lowest BCUT2D eigenvalue weighted by molar-refractivity contribution is -0.127. The molecular weight excluding hydrogens is 428 g/mol. The highest BCUT2D eigenvalue weighted by Crippen LogP contribution is 2.21. The van der Waals surface area contributed by atoms with E-state index < -0.39 is 0 Å². The number of nitrogens with zero attached hydrogens (tertiary/aromatic N) is 3. The number of ether oxygens (including phenoxy) is 2. The second-order valence-electron chi connectivity index (χ2n) is 8.60. The van der Waals surface area contributed by atoms with Crippen LogP contribution in [0.3, 0.4) is 0 Å². The van der Waals surface area contributed by atoms with E-state index in [0.717, 1.165) is 48.8 Å². The third-order valence-corrected chi connectivity index (χ3v) is 5.92. The molecule has 1 saturated heterocycles. The Labute approximate surface area is 201 Å². The number of likely N-dealkylation sites (tertiary alicyclic amines) is 1. The number of imidazole rings is 1. The van der Waals surface area contributed by atoms with E-state index in [4.69, 9.17) is 9.47 Å². The lowest BCUT2D eigenvalue weighted by Gasteiger charge is -2.31. The average Bonchev–Trinajstić information content (AvgIpc) is 3.36. The Morgan fingerprint density at radius 1 is 1.15 bits per heavy atom. The summed E-state index contributed by atoms with van der Waals surface area (Å²) in [5.41, 5.74) is 2.17. The first-order valence-corrected chi connectivity index (χ1v) is 11.6. The van der Waals surface area contributed by atoms with Crippen molar-refractivity contribution < 1.29 is 14.3 Å². The van der Waals surface area contributed by atoms with Gasteiger partial charge in [0.25, 0.3) is 0 Å². The third-order valence-electron chi connectivity index (χ3n) is 5.92. The van der Waals surface area contributed by atoms with Crippen LogP contribution in [0.5, 0.6) is 11.5 Å². The smallest absolute Gasteiger partial charge is 0.246 e. The van der Waals surface area contributed by atoms with E-state index in [1.54, 1.807) is 19.4 Å². The van der Waals surface area contributed by atoms with Crippen LogP contribution in [-0.2, 0) is 17.9 Å². The minimum absolute atomic E-state index is 0.0378. The number of benzene rings is 2. The first-order chi connectivity index (χ1) is 16.6. The van der Waals surface area contributed by atoms with Crippen molar-refractivity contribution in [2.75, 3.05) is 27.2 Å². The Morgan fingerprint density at radius 3 is 2.65 bits per heavy atom. The van der Waals surface area contributed by atoms with Crippen molar-refractivity contribution in [2.24, 2.45) is 0 Å². The fourth-order valence-corrected chi connectivity index (χ4v) is 4.10. The number of hydrogen-bond acceptors (Lipinski definition) is 5. The summed E-state index contributed by atoms with van der Waals surface area (Å²) in [4.78, 5) is 24.1. The molecule has 0 bridgehead atoms. The fraction of sp³-hybridized carbons (Fsp3) is 0.333. The molecule has 1 aliphatic rings. The standard InChI is InChI=1S/C27H32N4O3/c1-30(20-26-28-14-15-29-26)19-22-4-3-5-25(18-22)34-24-12-16-31(17-13-24)27(32)11-8-21-6-9-23(33-2)10-7-21/h3-11,14-15,18,24H,12-13,16-17,19-20H2,1-2H3,(H,28,29). The second-order valence-corrected chi connectivity index (χ2v) is 8.60. The zero-order valence-electron chi connectivity index (χ0n) is 19.8. The van der Waals surface area contributed by atoms with Gasteiger partial charge in [0, 0.05) is 50.9 Å². The summed E-state index contributed by atoms with van der Waals surface area (Å²) in [6.07, 6.45) is 8.87. The summed E-state index contributed by atoms with van der Waals surface area (Å²) in [5, 5.41) is 0. The summed E-state index contributed by atoms with van der Waals surface area (Å²) in [5.74, 6) is 2.68. The van der Waals surface area contributed by atoms with Gasteiger partial charge in [0.1, 0.15) is 23.4 Å². The van der Waals surface area contributed by atoms with Crippen LogP contribution in [0.4, 0.5) is 0 Å². The molecule has 1 fully saturated rings. The molecule has 7 nitrogen and oxygen atoms in total. The molecule has 1 amide bonds. The minimum atomic E-state index is 0.0378. The lowest BCUT2D eigenvalue weighted by Crippen LogP contribution is -2.41. The number of methoxy groups -OCH3 is 1. The third kappa shape index (κ3) is 6.71. The molecule has 1 N–H and O–H groups in total. The van der Waals surface area contributed by atoms with Crippen LogP contribution in [0, 0.1) is 0 Å². The molecular formula is C27H32N4O3. The molecule has 0 atom stereocenters. The topological polar surface area (TPSA) is 70.7 Å². The Bertz CT molecular complexity index is 1070. The number of carbonyl (C=O) groups excluding carboxylic acids is 1. The molecule has 0 aliphatic carbocycles. The van der Waals surface area contributed by atoms with Crippen molar-refractivity contribution in [3.63, 3.8) is 0 Å². The van der Waals surface area contributed by atoms with Crippen LogP contribution in [0.1, 0.15) is 29.8 Å². The van der Waals surface area contributed by atoms with Gasteiger partial charge in [-0.2, -0.15) is 0 Å². The van der Waals surface area contributed by atoms with Gasteiger partial charge in [-0.15, -0.1) is 0 Å².